The van der Waals surface area contributed by atoms with Gasteiger partial charge in [-0.15, -0.1) is 0 Å². The number of aryl methyl sites for hydroxylation is 1. The molecule has 1 atom stereocenters. The van der Waals surface area contributed by atoms with Crippen LogP contribution in [0.3, 0.4) is 0 Å². The molecule has 0 radical (unpaired) electrons. The van der Waals surface area contributed by atoms with Gasteiger partial charge in [-0.1, -0.05) is 18.2 Å². The third-order valence-electron chi connectivity index (χ3n) is 6.69. The Morgan fingerprint density at radius 3 is 2.32 bits per heavy atom. The van der Waals surface area contributed by atoms with E-state index in [0.29, 0.717) is 13.1 Å². The fraction of sp³-hybridized carbons (Fsp3) is 0.708. The van der Waals surface area contributed by atoms with Gasteiger partial charge in [0.1, 0.15) is 5.60 Å². The van der Waals surface area contributed by atoms with Crippen LogP contribution in [-0.4, -0.2) is 65.5 Å². The molecule has 0 aromatic heterocycles. The summed E-state index contributed by atoms with van der Waals surface area (Å²) in [6.45, 7) is 21.3. The molecular formula is C24H39BN2O4. The van der Waals surface area contributed by atoms with E-state index in [1.165, 1.54) is 11.1 Å². The quantitative estimate of drug-likeness (QED) is 0.684. The first-order valence-corrected chi connectivity index (χ1v) is 11.4. The van der Waals surface area contributed by atoms with Gasteiger partial charge in [0.2, 0.25) is 0 Å². The molecule has 0 saturated carbocycles. The smallest absolute Gasteiger partial charge is 0.444 e. The average molecular weight is 430 g/mol. The van der Waals surface area contributed by atoms with E-state index in [1.54, 1.807) is 0 Å². The van der Waals surface area contributed by atoms with Gasteiger partial charge in [0.05, 0.1) is 11.2 Å². The molecule has 0 N–H and O–H groups in total. The van der Waals surface area contributed by atoms with Crippen molar-refractivity contribution >= 4 is 18.7 Å². The lowest BCUT2D eigenvalue weighted by Gasteiger charge is -2.40. The van der Waals surface area contributed by atoms with E-state index < -0.39 is 5.60 Å². The van der Waals surface area contributed by atoms with Crippen molar-refractivity contribution in [2.45, 2.75) is 91.7 Å². The lowest BCUT2D eigenvalue weighted by atomic mass is 9.77. The molecule has 2 aliphatic heterocycles. The Bertz CT molecular complexity index is 802. The lowest BCUT2D eigenvalue weighted by Crippen LogP contribution is -2.54. The van der Waals surface area contributed by atoms with Crippen molar-refractivity contribution in [3.8, 4) is 0 Å². The summed E-state index contributed by atoms with van der Waals surface area (Å²) in [5.74, 6) is 0. The Hall–Kier alpha value is -1.57. The summed E-state index contributed by atoms with van der Waals surface area (Å²) in [5.41, 5.74) is 2.40. The van der Waals surface area contributed by atoms with E-state index >= 15 is 0 Å². The molecule has 1 unspecified atom stereocenters. The first-order chi connectivity index (χ1) is 14.2. The van der Waals surface area contributed by atoms with Gasteiger partial charge in [0.15, 0.2) is 0 Å². The van der Waals surface area contributed by atoms with Crippen molar-refractivity contribution in [2.24, 2.45) is 0 Å². The molecule has 6 nitrogen and oxygen atoms in total. The second-order valence-corrected chi connectivity index (χ2v) is 11.0. The molecule has 2 saturated heterocycles. The molecule has 1 aromatic rings. The fourth-order valence-electron chi connectivity index (χ4n) is 3.93. The lowest BCUT2D eigenvalue weighted by molar-refractivity contribution is 0.00458. The van der Waals surface area contributed by atoms with E-state index in [1.807, 2.05) is 25.7 Å². The molecule has 172 valence electrons. The molecule has 1 amide bonds. The van der Waals surface area contributed by atoms with Crippen LogP contribution in [-0.2, 0) is 20.6 Å². The molecule has 2 aliphatic rings. The highest BCUT2D eigenvalue weighted by atomic mass is 16.7. The maximum Gasteiger partial charge on any atom is 0.494 e. The van der Waals surface area contributed by atoms with E-state index in [9.17, 15) is 4.79 Å². The van der Waals surface area contributed by atoms with Crippen molar-refractivity contribution in [3.05, 3.63) is 29.3 Å². The van der Waals surface area contributed by atoms with Gasteiger partial charge in [-0.2, -0.15) is 0 Å². The number of nitrogens with zero attached hydrogens (tertiary/aromatic N) is 2. The number of hydrogen-bond acceptors (Lipinski definition) is 5. The molecule has 3 rings (SSSR count). The van der Waals surface area contributed by atoms with Crippen molar-refractivity contribution in [1.29, 1.82) is 0 Å². The molecule has 7 heteroatoms. The van der Waals surface area contributed by atoms with Crippen LogP contribution in [0.15, 0.2) is 18.2 Å². The molecule has 0 spiro atoms. The minimum Gasteiger partial charge on any atom is -0.444 e. The summed E-state index contributed by atoms with van der Waals surface area (Å²) in [4.78, 5) is 16.7. The Morgan fingerprint density at radius 2 is 1.77 bits per heavy atom. The van der Waals surface area contributed by atoms with Crippen LogP contribution >= 0.6 is 0 Å². The van der Waals surface area contributed by atoms with E-state index in [4.69, 9.17) is 14.0 Å². The largest absolute Gasteiger partial charge is 0.494 e. The number of carbonyl (C=O) groups is 1. The number of carbonyl (C=O) groups excluding carboxylic acids is 1. The molecule has 2 fully saturated rings. The summed E-state index contributed by atoms with van der Waals surface area (Å²) < 4.78 is 18.0. The maximum absolute atomic E-state index is 12.4. The third kappa shape index (κ3) is 5.44. The van der Waals surface area contributed by atoms with Crippen molar-refractivity contribution in [3.63, 3.8) is 0 Å². The summed E-state index contributed by atoms with van der Waals surface area (Å²) in [6.07, 6.45) is -0.224. The Morgan fingerprint density at radius 1 is 1.16 bits per heavy atom. The molecule has 31 heavy (non-hydrogen) atoms. The second kappa shape index (κ2) is 8.41. The number of amides is 1. The standard InChI is InChI=1S/C24H39BN2O4/c1-17-10-11-20(25-30-23(6,7)24(8,9)31-25)14-19(17)16-26-12-13-27(15-18(26)2)21(28)29-22(3,4)5/h10-11,14,18H,12-13,15-16H2,1-9H3. The molecule has 1 aromatic carbocycles. The third-order valence-corrected chi connectivity index (χ3v) is 6.69. The van der Waals surface area contributed by atoms with Gasteiger partial charge in [0.25, 0.3) is 0 Å². The summed E-state index contributed by atoms with van der Waals surface area (Å²) >= 11 is 0. The zero-order valence-corrected chi connectivity index (χ0v) is 20.7. The summed E-state index contributed by atoms with van der Waals surface area (Å²) in [5, 5.41) is 0. The zero-order valence-electron chi connectivity index (χ0n) is 20.7. The highest BCUT2D eigenvalue weighted by Crippen LogP contribution is 2.36. The van der Waals surface area contributed by atoms with Gasteiger partial charge in [-0.05, 0) is 78.9 Å². The summed E-state index contributed by atoms with van der Waals surface area (Å²) in [6, 6.07) is 6.72. The number of piperazine rings is 1. The van der Waals surface area contributed by atoms with Crippen molar-refractivity contribution < 1.29 is 18.8 Å². The van der Waals surface area contributed by atoms with Crippen LogP contribution in [0.25, 0.3) is 0 Å². The maximum atomic E-state index is 12.4. The first kappa shape index (κ1) is 24.1. The van der Waals surface area contributed by atoms with E-state index in [0.717, 1.165) is 18.6 Å². The molecular weight excluding hydrogens is 391 g/mol. The van der Waals surface area contributed by atoms with Crippen molar-refractivity contribution in [2.75, 3.05) is 19.6 Å². The molecule has 0 bridgehead atoms. The van der Waals surface area contributed by atoms with Gasteiger partial charge in [-0.25, -0.2) is 4.79 Å². The average Bonchev–Trinajstić information content (AvgIpc) is 2.84. The van der Waals surface area contributed by atoms with Crippen LogP contribution in [0.5, 0.6) is 0 Å². The predicted molar refractivity (Wildman–Crippen MR) is 125 cm³/mol. The van der Waals surface area contributed by atoms with Gasteiger partial charge >= 0.3 is 13.2 Å². The van der Waals surface area contributed by atoms with Crippen LogP contribution < -0.4 is 5.46 Å². The zero-order chi connectivity index (χ0) is 23.2. The van der Waals surface area contributed by atoms with Gasteiger partial charge in [0, 0.05) is 32.2 Å². The predicted octanol–water partition coefficient (Wildman–Crippen LogP) is 3.74. The SMILES string of the molecule is Cc1ccc(B2OC(C)(C)C(C)(C)O2)cc1CN1CCN(C(=O)OC(C)(C)C)CC1C. The number of hydrogen-bond donors (Lipinski definition) is 0. The normalized spacial score (nSPS) is 23.8. The molecule has 0 aliphatic carbocycles. The second-order valence-electron chi connectivity index (χ2n) is 11.0. The summed E-state index contributed by atoms with van der Waals surface area (Å²) in [7, 11) is -0.356. The van der Waals surface area contributed by atoms with Crippen LogP contribution in [0.4, 0.5) is 4.79 Å². The molecule has 2 heterocycles. The van der Waals surface area contributed by atoms with Crippen LogP contribution in [0.2, 0.25) is 0 Å². The van der Waals surface area contributed by atoms with Gasteiger partial charge < -0.3 is 18.9 Å². The number of benzene rings is 1. The highest BCUT2D eigenvalue weighted by molar-refractivity contribution is 6.62. The number of rotatable bonds is 3. The minimum absolute atomic E-state index is 0.224. The van der Waals surface area contributed by atoms with Crippen LogP contribution in [0.1, 0.15) is 66.5 Å². The van der Waals surface area contributed by atoms with E-state index in [-0.39, 0.29) is 30.5 Å². The van der Waals surface area contributed by atoms with Gasteiger partial charge in [-0.3, -0.25) is 4.90 Å². The Labute approximate surface area is 188 Å². The Balaban J connectivity index is 1.67. The van der Waals surface area contributed by atoms with Crippen molar-refractivity contribution in [1.82, 2.24) is 9.80 Å². The minimum atomic E-state index is -0.470. The monoisotopic (exact) mass is 430 g/mol. The first-order valence-electron chi connectivity index (χ1n) is 11.4. The van der Waals surface area contributed by atoms with E-state index in [2.05, 4.69) is 64.6 Å². The topological polar surface area (TPSA) is 51.2 Å². The Kier molecular flexibility index (Phi) is 6.54. The fourth-order valence-corrected chi connectivity index (χ4v) is 3.93. The van der Waals surface area contributed by atoms with Crippen LogP contribution in [0, 0.1) is 6.92 Å². The highest BCUT2D eigenvalue weighted by Gasteiger charge is 2.51. The number of ether oxygens (including phenoxy) is 1.